The molecule has 1 aromatic heterocycles. The van der Waals surface area contributed by atoms with Crippen molar-refractivity contribution in [3.63, 3.8) is 0 Å². The number of sulfone groups is 1. The van der Waals surface area contributed by atoms with E-state index in [4.69, 9.17) is 0 Å². The topological polar surface area (TPSA) is 85.2 Å². The van der Waals surface area contributed by atoms with Crippen LogP contribution in [0.3, 0.4) is 0 Å². The number of carbonyl (C=O) groups excluding carboxylic acids is 1. The third-order valence-electron chi connectivity index (χ3n) is 3.82. The molecule has 0 unspecified atom stereocenters. The first-order valence-corrected chi connectivity index (χ1v) is 9.73. The average Bonchev–Trinajstić information content (AvgIpc) is 3.00. The number of alkyl halides is 3. The molecule has 1 amide bonds. The quantitative estimate of drug-likeness (QED) is 0.717. The Morgan fingerprint density at radius 1 is 1.42 bits per heavy atom. The highest BCUT2D eigenvalue weighted by atomic mass is 32.2. The first-order valence-electron chi connectivity index (χ1n) is 7.02. The Kier molecular flexibility index (Phi) is 5.19. The fourth-order valence-electron chi connectivity index (χ4n) is 2.42. The summed E-state index contributed by atoms with van der Waals surface area (Å²) in [6.07, 6.45) is -4.26. The van der Waals surface area contributed by atoms with Gasteiger partial charge in [0.1, 0.15) is 0 Å². The molecule has 1 saturated heterocycles. The average molecular weight is 386 g/mol. The van der Waals surface area contributed by atoms with Gasteiger partial charge in [-0.1, -0.05) is 11.8 Å². The van der Waals surface area contributed by atoms with E-state index in [1.807, 2.05) is 0 Å². The van der Waals surface area contributed by atoms with Crippen LogP contribution in [0.4, 0.5) is 13.2 Å². The lowest BCUT2D eigenvalue weighted by atomic mass is 10.2. The van der Waals surface area contributed by atoms with Crippen molar-refractivity contribution >= 4 is 27.5 Å². The van der Waals surface area contributed by atoms with E-state index in [1.165, 1.54) is 25.9 Å². The van der Waals surface area contributed by atoms with E-state index < -0.39 is 33.1 Å². The summed E-state index contributed by atoms with van der Waals surface area (Å²) in [5.41, 5.74) is 0. The highest BCUT2D eigenvalue weighted by Crippen LogP contribution is 2.31. The van der Waals surface area contributed by atoms with E-state index in [-0.39, 0.29) is 22.6 Å². The number of aromatic nitrogens is 3. The van der Waals surface area contributed by atoms with Gasteiger partial charge in [0.15, 0.2) is 15.0 Å². The molecule has 2 atom stereocenters. The van der Waals surface area contributed by atoms with Crippen LogP contribution in [0.25, 0.3) is 0 Å². The van der Waals surface area contributed by atoms with Crippen molar-refractivity contribution in [3.8, 4) is 0 Å². The second-order valence-electron chi connectivity index (χ2n) is 5.63. The van der Waals surface area contributed by atoms with Crippen LogP contribution in [0.15, 0.2) is 5.16 Å². The molecule has 0 saturated carbocycles. The van der Waals surface area contributed by atoms with Crippen molar-refractivity contribution in [2.45, 2.75) is 36.0 Å². The summed E-state index contributed by atoms with van der Waals surface area (Å²) in [4.78, 5) is 13.7. The Morgan fingerprint density at radius 2 is 2.04 bits per heavy atom. The van der Waals surface area contributed by atoms with Gasteiger partial charge in [0.05, 0.1) is 16.8 Å². The summed E-state index contributed by atoms with van der Waals surface area (Å²) in [6, 6.07) is -0.407. The van der Waals surface area contributed by atoms with Gasteiger partial charge in [-0.3, -0.25) is 4.79 Å². The van der Waals surface area contributed by atoms with Crippen LogP contribution in [0.2, 0.25) is 0 Å². The van der Waals surface area contributed by atoms with E-state index in [0.29, 0.717) is 6.42 Å². The molecule has 1 aliphatic rings. The molecule has 0 N–H and O–H groups in total. The number of hydrogen-bond donors (Lipinski definition) is 0. The van der Waals surface area contributed by atoms with Gasteiger partial charge in [-0.15, -0.1) is 10.2 Å². The molecule has 1 aromatic rings. The Balaban J connectivity index is 2.06. The van der Waals surface area contributed by atoms with Crippen LogP contribution in [0.1, 0.15) is 19.2 Å². The van der Waals surface area contributed by atoms with Gasteiger partial charge in [-0.2, -0.15) is 13.2 Å². The molecule has 24 heavy (non-hydrogen) atoms. The normalized spacial score (nSPS) is 21.7. The molecule has 0 bridgehead atoms. The summed E-state index contributed by atoms with van der Waals surface area (Å²) in [5, 5.41) is 5.83. The van der Waals surface area contributed by atoms with E-state index in [1.54, 1.807) is 0 Å². The largest absolute Gasteiger partial charge is 0.451 e. The standard InChI is InChI=1S/C12H17F3N4O3S2/c1-7(9(20)18(2)8-4-5-24(21,22)6-8)23-11-17-16-10(19(11)3)12(13,14)15/h7-8H,4-6H2,1-3H3/t7-,8-/m1/s1. The lowest BCUT2D eigenvalue weighted by molar-refractivity contribution is -0.147. The molecule has 7 nitrogen and oxygen atoms in total. The highest BCUT2D eigenvalue weighted by Gasteiger charge is 2.38. The Hall–Kier alpha value is -1.30. The first kappa shape index (κ1) is 19.0. The number of thioether (sulfide) groups is 1. The number of rotatable bonds is 4. The first-order chi connectivity index (χ1) is 10.9. The molecule has 1 fully saturated rings. The van der Waals surface area contributed by atoms with Crippen LogP contribution in [0, 0.1) is 0 Å². The predicted octanol–water partition coefficient (Wildman–Crippen LogP) is 0.960. The second-order valence-corrected chi connectivity index (χ2v) is 9.17. The molecule has 0 aromatic carbocycles. The molecular formula is C12H17F3N4O3S2. The van der Waals surface area contributed by atoms with E-state index in [0.717, 1.165) is 16.3 Å². The number of nitrogens with zero attached hydrogens (tertiary/aromatic N) is 4. The zero-order valence-corrected chi connectivity index (χ0v) is 14.9. The molecule has 1 aliphatic heterocycles. The van der Waals surface area contributed by atoms with Gasteiger partial charge in [-0.05, 0) is 13.3 Å². The summed E-state index contributed by atoms with van der Waals surface area (Å²) in [7, 11) is -0.452. The summed E-state index contributed by atoms with van der Waals surface area (Å²) < 4.78 is 61.9. The van der Waals surface area contributed by atoms with Gasteiger partial charge in [0.25, 0.3) is 0 Å². The molecule has 0 radical (unpaired) electrons. The van der Waals surface area contributed by atoms with Crippen molar-refractivity contribution in [2.75, 3.05) is 18.6 Å². The molecule has 0 aliphatic carbocycles. The number of carbonyl (C=O) groups is 1. The predicted molar refractivity (Wildman–Crippen MR) is 81.2 cm³/mol. The molecule has 2 heterocycles. The maximum atomic E-state index is 12.7. The molecule has 12 heteroatoms. The van der Waals surface area contributed by atoms with Crippen molar-refractivity contribution in [2.24, 2.45) is 7.05 Å². The van der Waals surface area contributed by atoms with Crippen LogP contribution in [-0.4, -0.2) is 63.8 Å². The summed E-state index contributed by atoms with van der Waals surface area (Å²) in [5.74, 6) is -1.55. The van der Waals surface area contributed by atoms with E-state index in [2.05, 4.69) is 10.2 Å². The highest BCUT2D eigenvalue weighted by molar-refractivity contribution is 8.00. The minimum Gasteiger partial charge on any atom is -0.341 e. The van der Waals surface area contributed by atoms with Crippen LogP contribution in [0.5, 0.6) is 0 Å². The monoisotopic (exact) mass is 386 g/mol. The van der Waals surface area contributed by atoms with Gasteiger partial charge in [0.2, 0.25) is 11.7 Å². The maximum Gasteiger partial charge on any atom is 0.451 e. The third-order valence-corrected chi connectivity index (χ3v) is 6.69. The van der Waals surface area contributed by atoms with Gasteiger partial charge >= 0.3 is 6.18 Å². The molecule has 2 rings (SSSR count). The van der Waals surface area contributed by atoms with E-state index >= 15 is 0 Å². The Labute approximate surface area is 141 Å². The number of halogens is 3. The smallest absolute Gasteiger partial charge is 0.341 e. The fourth-order valence-corrected chi connectivity index (χ4v) is 5.11. The van der Waals surface area contributed by atoms with Gasteiger partial charge < -0.3 is 9.47 Å². The van der Waals surface area contributed by atoms with Crippen LogP contribution in [-0.2, 0) is 27.9 Å². The fraction of sp³-hybridized carbons (Fsp3) is 0.750. The number of hydrogen-bond acceptors (Lipinski definition) is 6. The number of amides is 1. The maximum absolute atomic E-state index is 12.7. The van der Waals surface area contributed by atoms with Gasteiger partial charge in [-0.25, -0.2) is 8.42 Å². The summed E-state index contributed by atoms with van der Waals surface area (Å²) >= 11 is 0.851. The summed E-state index contributed by atoms with van der Waals surface area (Å²) in [6.45, 7) is 1.54. The zero-order chi connectivity index (χ0) is 18.3. The SMILES string of the molecule is C[C@@H](Sc1nnc(C(F)(F)F)n1C)C(=O)N(C)[C@@H]1CCS(=O)(=O)C1. The minimum atomic E-state index is -4.62. The van der Waals surface area contributed by atoms with Crippen molar-refractivity contribution < 1.29 is 26.4 Å². The molecule has 0 spiro atoms. The lowest BCUT2D eigenvalue weighted by Gasteiger charge is -2.26. The van der Waals surface area contributed by atoms with Crippen molar-refractivity contribution in [3.05, 3.63) is 5.82 Å². The Bertz CT molecular complexity index is 732. The van der Waals surface area contributed by atoms with Gasteiger partial charge in [0, 0.05) is 20.1 Å². The van der Waals surface area contributed by atoms with Crippen LogP contribution >= 0.6 is 11.8 Å². The van der Waals surface area contributed by atoms with E-state index in [9.17, 15) is 26.4 Å². The third kappa shape index (κ3) is 4.02. The zero-order valence-electron chi connectivity index (χ0n) is 13.2. The van der Waals surface area contributed by atoms with Crippen molar-refractivity contribution in [1.29, 1.82) is 0 Å². The van der Waals surface area contributed by atoms with Crippen molar-refractivity contribution in [1.82, 2.24) is 19.7 Å². The Morgan fingerprint density at radius 3 is 2.50 bits per heavy atom. The molecule has 136 valence electrons. The lowest BCUT2D eigenvalue weighted by Crippen LogP contribution is -2.41. The minimum absolute atomic E-state index is 0.0318. The molecular weight excluding hydrogens is 369 g/mol. The van der Waals surface area contributed by atoms with Crippen LogP contribution < -0.4 is 0 Å². The second kappa shape index (κ2) is 6.54.